The van der Waals surface area contributed by atoms with Crippen LogP contribution in [0.4, 0.5) is 4.79 Å². The van der Waals surface area contributed by atoms with E-state index in [1.165, 1.54) is 0 Å². The molecule has 1 aliphatic heterocycles. The Kier molecular flexibility index (Phi) is 5.13. The number of hydrogen-bond donors (Lipinski definition) is 1. The Labute approximate surface area is 165 Å². The summed E-state index contributed by atoms with van der Waals surface area (Å²) in [5.41, 5.74) is 2.25. The lowest BCUT2D eigenvalue weighted by Crippen LogP contribution is -2.41. The van der Waals surface area contributed by atoms with Gasteiger partial charge in [0.05, 0.1) is 12.6 Å². The van der Waals surface area contributed by atoms with Crippen molar-refractivity contribution in [2.24, 2.45) is 0 Å². The predicted octanol–water partition coefficient (Wildman–Crippen LogP) is 4.49. The number of nitrogens with one attached hydrogen (secondary N) is 1. The first-order valence-corrected chi connectivity index (χ1v) is 9.49. The van der Waals surface area contributed by atoms with Crippen molar-refractivity contribution in [2.75, 3.05) is 6.54 Å². The molecule has 28 heavy (non-hydrogen) atoms. The van der Waals surface area contributed by atoms with E-state index in [0.29, 0.717) is 6.54 Å². The maximum Gasteiger partial charge on any atom is 0.407 e. The zero-order valence-corrected chi connectivity index (χ0v) is 15.7. The van der Waals surface area contributed by atoms with Gasteiger partial charge >= 0.3 is 6.09 Å². The number of hydrogen-bond acceptors (Lipinski definition) is 3. The third-order valence-electron chi connectivity index (χ3n) is 5.13. The SMILES string of the molecule is CC(OC(c1ccccc1)(c1ccccc1)c1ccccc1)C1CNC(=O)O1. The minimum atomic E-state index is -0.821. The summed E-state index contributed by atoms with van der Waals surface area (Å²) < 4.78 is 12.2. The van der Waals surface area contributed by atoms with Gasteiger partial charge in [-0.15, -0.1) is 0 Å². The normalized spacial score (nSPS) is 17.6. The summed E-state index contributed by atoms with van der Waals surface area (Å²) in [6.07, 6.45) is -1.06. The van der Waals surface area contributed by atoms with Crippen molar-refractivity contribution >= 4 is 6.09 Å². The van der Waals surface area contributed by atoms with Crippen LogP contribution in [0.5, 0.6) is 0 Å². The first-order chi connectivity index (χ1) is 13.7. The minimum absolute atomic E-state index is 0.320. The lowest BCUT2D eigenvalue weighted by Gasteiger charge is -2.39. The molecule has 4 rings (SSSR count). The van der Waals surface area contributed by atoms with Gasteiger partial charge in [-0.05, 0) is 23.6 Å². The van der Waals surface area contributed by atoms with Gasteiger partial charge in [-0.3, -0.25) is 0 Å². The van der Waals surface area contributed by atoms with Crippen LogP contribution in [0.25, 0.3) is 0 Å². The summed E-state index contributed by atoms with van der Waals surface area (Å²) in [6.45, 7) is 2.39. The Bertz CT molecular complexity index is 816. The van der Waals surface area contributed by atoms with Gasteiger partial charge in [0.1, 0.15) is 11.7 Å². The van der Waals surface area contributed by atoms with Gasteiger partial charge < -0.3 is 14.8 Å². The first-order valence-electron chi connectivity index (χ1n) is 9.49. The van der Waals surface area contributed by atoms with Gasteiger partial charge in [-0.2, -0.15) is 0 Å². The summed E-state index contributed by atoms with van der Waals surface area (Å²) in [6, 6.07) is 30.5. The second-order valence-corrected chi connectivity index (χ2v) is 6.93. The highest BCUT2D eigenvalue weighted by Gasteiger charge is 2.42. The van der Waals surface area contributed by atoms with Crippen molar-refractivity contribution in [3.63, 3.8) is 0 Å². The van der Waals surface area contributed by atoms with Crippen LogP contribution < -0.4 is 5.32 Å². The Morgan fingerprint density at radius 2 is 1.29 bits per heavy atom. The number of carbonyl (C=O) groups is 1. The van der Waals surface area contributed by atoms with E-state index in [9.17, 15) is 4.79 Å². The molecule has 0 saturated carbocycles. The Morgan fingerprint density at radius 1 is 0.857 bits per heavy atom. The van der Waals surface area contributed by atoms with E-state index in [1.807, 2.05) is 61.5 Å². The Hall–Kier alpha value is -3.11. The number of benzene rings is 3. The zero-order chi connectivity index (χ0) is 19.4. The summed E-state index contributed by atoms with van der Waals surface area (Å²) in [5.74, 6) is 0. The van der Waals surface area contributed by atoms with Gasteiger partial charge in [0.25, 0.3) is 0 Å². The molecule has 0 aliphatic carbocycles. The number of amides is 1. The van der Waals surface area contributed by atoms with Crippen LogP contribution in [0.3, 0.4) is 0 Å². The second kappa shape index (κ2) is 7.87. The standard InChI is InChI=1S/C24H23NO3/c1-18(22-17-25-23(26)27-22)28-24(19-11-5-2-6-12-19,20-13-7-3-8-14-20)21-15-9-4-10-16-21/h2-16,18,22H,17H2,1H3,(H,25,26). The predicted molar refractivity (Wildman–Crippen MR) is 108 cm³/mol. The van der Waals surface area contributed by atoms with E-state index >= 15 is 0 Å². The van der Waals surface area contributed by atoms with E-state index < -0.39 is 11.7 Å². The van der Waals surface area contributed by atoms with Crippen LogP contribution in [-0.4, -0.2) is 24.8 Å². The van der Waals surface area contributed by atoms with E-state index in [4.69, 9.17) is 9.47 Å². The number of rotatable bonds is 6. The molecule has 0 radical (unpaired) electrons. The van der Waals surface area contributed by atoms with Crippen molar-refractivity contribution in [3.05, 3.63) is 108 Å². The molecule has 1 amide bonds. The molecule has 1 heterocycles. The van der Waals surface area contributed by atoms with Gasteiger partial charge in [0.15, 0.2) is 0 Å². The third kappa shape index (κ3) is 3.39. The molecule has 4 heteroatoms. The molecule has 1 fully saturated rings. The molecule has 142 valence electrons. The lowest BCUT2D eigenvalue weighted by molar-refractivity contribution is -0.0839. The fourth-order valence-electron chi connectivity index (χ4n) is 3.74. The molecule has 3 aromatic carbocycles. The van der Waals surface area contributed by atoms with E-state index in [2.05, 4.69) is 41.7 Å². The minimum Gasteiger partial charge on any atom is -0.442 e. The zero-order valence-electron chi connectivity index (χ0n) is 15.7. The quantitative estimate of drug-likeness (QED) is 0.648. The van der Waals surface area contributed by atoms with Crippen LogP contribution in [-0.2, 0) is 15.1 Å². The van der Waals surface area contributed by atoms with Gasteiger partial charge in [-0.1, -0.05) is 91.0 Å². The summed E-state index contributed by atoms with van der Waals surface area (Å²) in [7, 11) is 0. The summed E-state index contributed by atoms with van der Waals surface area (Å²) >= 11 is 0. The van der Waals surface area contributed by atoms with E-state index in [1.54, 1.807) is 0 Å². The van der Waals surface area contributed by atoms with E-state index in [0.717, 1.165) is 16.7 Å². The molecule has 0 spiro atoms. The molecular formula is C24H23NO3. The fraction of sp³-hybridized carbons (Fsp3) is 0.208. The molecule has 3 aromatic rings. The third-order valence-corrected chi connectivity index (χ3v) is 5.13. The number of ether oxygens (including phenoxy) is 2. The van der Waals surface area contributed by atoms with Crippen LogP contribution in [0, 0.1) is 0 Å². The highest BCUT2D eigenvalue weighted by atomic mass is 16.6. The molecule has 1 saturated heterocycles. The Balaban J connectivity index is 1.87. The van der Waals surface area contributed by atoms with Gasteiger partial charge in [0.2, 0.25) is 0 Å². The van der Waals surface area contributed by atoms with Crippen LogP contribution >= 0.6 is 0 Å². The van der Waals surface area contributed by atoms with Gasteiger partial charge in [-0.25, -0.2) is 4.79 Å². The van der Waals surface area contributed by atoms with Crippen molar-refractivity contribution < 1.29 is 14.3 Å². The molecule has 2 unspecified atom stereocenters. The lowest BCUT2D eigenvalue weighted by atomic mass is 9.80. The number of carbonyl (C=O) groups excluding carboxylic acids is 1. The summed E-state index contributed by atoms with van der Waals surface area (Å²) in [4.78, 5) is 11.5. The molecule has 0 aromatic heterocycles. The Morgan fingerprint density at radius 3 is 1.64 bits per heavy atom. The first kappa shape index (κ1) is 18.3. The topological polar surface area (TPSA) is 47.6 Å². The molecule has 2 atom stereocenters. The molecular weight excluding hydrogens is 350 g/mol. The second-order valence-electron chi connectivity index (χ2n) is 6.93. The van der Waals surface area contributed by atoms with Crippen molar-refractivity contribution in [1.82, 2.24) is 5.32 Å². The average molecular weight is 373 g/mol. The highest BCUT2D eigenvalue weighted by Crippen LogP contribution is 2.41. The maximum atomic E-state index is 11.5. The van der Waals surface area contributed by atoms with Crippen molar-refractivity contribution in [3.8, 4) is 0 Å². The number of alkyl carbamates (subject to hydrolysis) is 1. The van der Waals surface area contributed by atoms with Crippen molar-refractivity contribution in [2.45, 2.75) is 24.7 Å². The van der Waals surface area contributed by atoms with Crippen LogP contribution in [0.1, 0.15) is 23.6 Å². The van der Waals surface area contributed by atoms with Gasteiger partial charge in [0, 0.05) is 0 Å². The number of cyclic esters (lactones) is 1. The fourth-order valence-corrected chi connectivity index (χ4v) is 3.74. The van der Waals surface area contributed by atoms with E-state index in [-0.39, 0.29) is 12.2 Å². The molecule has 4 nitrogen and oxygen atoms in total. The smallest absolute Gasteiger partial charge is 0.407 e. The summed E-state index contributed by atoms with van der Waals surface area (Å²) in [5, 5.41) is 2.71. The molecule has 0 bridgehead atoms. The largest absolute Gasteiger partial charge is 0.442 e. The van der Waals surface area contributed by atoms with Crippen LogP contribution in [0.15, 0.2) is 91.0 Å². The monoisotopic (exact) mass is 373 g/mol. The average Bonchev–Trinajstić information content (AvgIpc) is 3.20. The van der Waals surface area contributed by atoms with Crippen molar-refractivity contribution in [1.29, 1.82) is 0 Å². The van der Waals surface area contributed by atoms with Crippen LogP contribution in [0.2, 0.25) is 0 Å². The highest BCUT2D eigenvalue weighted by molar-refractivity contribution is 5.69. The molecule has 1 N–H and O–H groups in total. The maximum absolute atomic E-state index is 11.5. The molecule has 1 aliphatic rings.